The molecule has 5 atom stereocenters. The number of carbonyl (C=O) groups excluding carboxylic acids is 4. The summed E-state index contributed by atoms with van der Waals surface area (Å²) in [5.74, 6) is -2.35. The Morgan fingerprint density at radius 2 is 0.509 bits per heavy atom. The van der Waals surface area contributed by atoms with E-state index in [9.17, 15) is 43.2 Å². The lowest BCUT2D eigenvalue weighted by molar-refractivity contribution is -0.161. The van der Waals surface area contributed by atoms with Gasteiger partial charge < -0.3 is 33.8 Å². The van der Waals surface area contributed by atoms with Crippen LogP contribution >= 0.6 is 15.6 Å². The first-order valence-electron chi connectivity index (χ1n) is 40.0. The lowest BCUT2D eigenvalue weighted by Crippen LogP contribution is -2.30. The fraction of sp³-hybridized carbons (Fsp3) is 0.609. The minimum absolute atomic E-state index is 0.0213. The molecule has 0 aromatic rings. The van der Waals surface area contributed by atoms with E-state index in [1.807, 2.05) is 18.2 Å². The van der Waals surface area contributed by atoms with Gasteiger partial charge in [-0.25, -0.2) is 9.13 Å². The summed E-state index contributed by atoms with van der Waals surface area (Å²) in [4.78, 5) is 73.0. The first kappa shape index (κ1) is 100. The van der Waals surface area contributed by atoms with Crippen LogP contribution in [0, 0.1) is 0 Å². The van der Waals surface area contributed by atoms with Crippen LogP contribution in [0.15, 0.2) is 182 Å². The third kappa shape index (κ3) is 76.4. The third-order valence-corrected chi connectivity index (χ3v) is 17.8. The quantitative estimate of drug-likeness (QED) is 0.0169. The van der Waals surface area contributed by atoms with Gasteiger partial charge in [0.1, 0.15) is 19.3 Å². The number of phosphoric acid groups is 2. The van der Waals surface area contributed by atoms with E-state index in [1.165, 1.54) is 12.8 Å². The van der Waals surface area contributed by atoms with Crippen LogP contribution in [0.1, 0.15) is 285 Å². The van der Waals surface area contributed by atoms with Crippen molar-refractivity contribution in [2.75, 3.05) is 39.6 Å². The van der Waals surface area contributed by atoms with Gasteiger partial charge in [-0.15, -0.1) is 0 Å². The zero-order valence-electron chi connectivity index (χ0n) is 65.5. The maximum absolute atomic E-state index is 13.1. The number of hydrogen-bond acceptors (Lipinski definition) is 15. The van der Waals surface area contributed by atoms with Crippen LogP contribution < -0.4 is 0 Å². The van der Waals surface area contributed by atoms with E-state index < -0.39 is 97.5 Å². The van der Waals surface area contributed by atoms with Crippen molar-refractivity contribution in [1.29, 1.82) is 0 Å². The first-order chi connectivity index (χ1) is 51.7. The van der Waals surface area contributed by atoms with Crippen LogP contribution in [0.2, 0.25) is 0 Å². The second-order valence-electron chi connectivity index (χ2n) is 25.9. The Morgan fingerprint density at radius 3 is 0.830 bits per heavy atom. The molecule has 600 valence electrons. The first-order valence-corrected chi connectivity index (χ1v) is 43.0. The van der Waals surface area contributed by atoms with Crippen LogP contribution in [0.25, 0.3) is 0 Å². The molecule has 0 bridgehead atoms. The molecule has 0 saturated heterocycles. The number of aliphatic hydroxyl groups is 1. The molecule has 0 rings (SSSR count). The minimum Gasteiger partial charge on any atom is -0.462 e. The SMILES string of the molecule is CC/C=C\C/C=C\C/C=C\C/C=C\C/C=C\C/C=C\CCC(=O)OCC(COP(=O)(O)OCC(O)COP(=O)(O)OCC(COC(=O)CCCCCCCCC/C=C\C/C=C\C/C=C\CC)OC(=O)CCCCCCC/C=C\CCCC)OC(=O)CCCCC/C=C\C/C=C\C/C=C\C/C=C\C/C=C\CC. The molecule has 17 nitrogen and oxygen atoms in total. The normalized spacial score (nSPS) is 14.8. The molecule has 0 fully saturated rings. The summed E-state index contributed by atoms with van der Waals surface area (Å²) in [6, 6.07) is 0. The Balaban J connectivity index is 5.47. The van der Waals surface area contributed by atoms with E-state index in [-0.39, 0.29) is 25.7 Å². The standard InChI is InChI=1S/C87H140O17P2/c1-5-9-13-17-21-25-29-32-35-38-40-43-46-49-53-56-60-64-68-72-85(90)98-78-83(104-87(92)74-70-66-62-58-54-50-47-44-41-39-36-33-30-26-22-18-14-10-6-2)80-102-106(95,96)100-76-81(88)75-99-105(93,94)101-79-82(103-86(91)73-69-65-61-57-51-28-24-20-16-12-8-4)77-97-84(89)71-67-63-59-55-52-48-45-42-37-34-31-27-23-19-15-11-7-3/h9-11,13-15,20-27,32-37,40-41,43-44,49-50,53-54,60,64,81-83,88H,5-8,12,16-19,28-31,38-39,42,45-48,51-52,55-59,61-63,65-80H2,1-4H3,(H,93,94)(H,95,96)/b13-9-,14-10-,15-11-,24-20-,25-21-,26-22-,27-23-,35-32-,36-33-,37-34-,43-40-,44-41-,53-49-,54-50-,64-60-. The number of aliphatic hydroxyl groups excluding tert-OH is 1. The smallest absolute Gasteiger partial charge is 0.462 e. The van der Waals surface area contributed by atoms with E-state index in [4.69, 9.17) is 37.0 Å². The minimum atomic E-state index is -5.01. The number of unbranched alkanes of at least 4 members (excludes halogenated alkanes) is 17. The van der Waals surface area contributed by atoms with Gasteiger partial charge in [0.2, 0.25) is 0 Å². The van der Waals surface area contributed by atoms with Crippen LogP contribution in [0.4, 0.5) is 0 Å². The molecule has 0 aliphatic carbocycles. The Bertz CT molecular complexity index is 2730. The number of rotatable bonds is 73. The van der Waals surface area contributed by atoms with E-state index in [0.717, 1.165) is 186 Å². The fourth-order valence-corrected chi connectivity index (χ4v) is 11.4. The van der Waals surface area contributed by atoms with Crippen molar-refractivity contribution in [2.24, 2.45) is 0 Å². The molecule has 0 aliphatic rings. The van der Waals surface area contributed by atoms with Gasteiger partial charge in [-0.05, 0) is 161 Å². The zero-order valence-corrected chi connectivity index (χ0v) is 67.3. The Kier molecular flexibility index (Phi) is 73.1. The number of allylic oxidation sites excluding steroid dienone is 30. The van der Waals surface area contributed by atoms with Gasteiger partial charge in [-0.1, -0.05) is 281 Å². The van der Waals surface area contributed by atoms with Crippen LogP contribution in [-0.4, -0.2) is 96.7 Å². The van der Waals surface area contributed by atoms with E-state index in [0.29, 0.717) is 32.1 Å². The van der Waals surface area contributed by atoms with Gasteiger partial charge >= 0.3 is 39.5 Å². The molecule has 0 aromatic heterocycles. The summed E-state index contributed by atoms with van der Waals surface area (Å²) in [5, 5.41) is 10.6. The van der Waals surface area contributed by atoms with Crippen molar-refractivity contribution >= 4 is 39.5 Å². The lowest BCUT2D eigenvalue weighted by Gasteiger charge is -2.21. The van der Waals surface area contributed by atoms with Crippen molar-refractivity contribution in [3.8, 4) is 0 Å². The van der Waals surface area contributed by atoms with E-state index in [2.05, 4.69) is 192 Å². The summed E-state index contributed by atoms with van der Waals surface area (Å²) in [7, 11) is -10.0. The predicted molar refractivity (Wildman–Crippen MR) is 436 cm³/mol. The molecule has 0 saturated carbocycles. The number of ether oxygens (including phenoxy) is 4. The highest BCUT2D eigenvalue weighted by atomic mass is 31.2. The number of esters is 4. The predicted octanol–water partition coefficient (Wildman–Crippen LogP) is 23.6. The Labute approximate surface area is 641 Å². The van der Waals surface area contributed by atoms with Gasteiger partial charge in [0.05, 0.1) is 26.4 Å². The van der Waals surface area contributed by atoms with Crippen molar-refractivity contribution in [3.05, 3.63) is 182 Å². The zero-order chi connectivity index (χ0) is 77.4. The van der Waals surface area contributed by atoms with Gasteiger partial charge in [-0.2, -0.15) is 0 Å². The van der Waals surface area contributed by atoms with Crippen molar-refractivity contribution in [3.63, 3.8) is 0 Å². The molecule has 0 aromatic carbocycles. The highest BCUT2D eigenvalue weighted by Gasteiger charge is 2.30. The Morgan fingerprint density at radius 1 is 0.274 bits per heavy atom. The lowest BCUT2D eigenvalue weighted by atomic mass is 10.1. The number of phosphoric ester groups is 2. The second-order valence-corrected chi connectivity index (χ2v) is 28.8. The molecule has 5 unspecified atom stereocenters. The van der Waals surface area contributed by atoms with E-state index in [1.54, 1.807) is 0 Å². The molecule has 0 heterocycles. The molecule has 0 aliphatic heterocycles. The molecule has 0 spiro atoms. The van der Waals surface area contributed by atoms with Gasteiger partial charge in [0.15, 0.2) is 12.2 Å². The average Bonchev–Trinajstić information content (AvgIpc) is 0.901. The average molecular weight is 1520 g/mol. The highest BCUT2D eigenvalue weighted by Crippen LogP contribution is 2.45. The van der Waals surface area contributed by atoms with Crippen molar-refractivity contribution in [2.45, 2.75) is 303 Å². The number of carbonyl (C=O) groups is 4. The summed E-state index contributed by atoms with van der Waals surface area (Å²) in [6.07, 6.45) is 93.2. The van der Waals surface area contributed by atoms with Crippen molar-refractivity contribution < 1.29 is 80.2 Å². The summed E-state index contributed by atoms with van der Waals surface area (Å²) >= 11 is 0. The maximum atomic E-state index is 13.1. The monoisotopic (exact) mass is 1520 g/mol. The second kappa shape index (κ2) is 77.3. The van der Waals surface area contributed by atoms with Crippen LogP contribution in [0.5, 0.6) is 0 Å². The molecular formula is C87H140O17P2. The molecule has 0 radical (unpaired) electrons. The van der Waals surface area contributed by atoms with Crippen LogP contribution in [0.3, 0.4) is 0 Å². The van der Waals surface area contributed by atoms with Gasteiger partial charge in [0.25, 0.3) is 0 Å². The largest absolute Gasteiger partial charge is 0.472 e. The van der Waals surface area contributed by atoms with Gasteiger partial charge in [0, 0.05) is 25.7 Å². The van der Waals surface area contributed by atoms with Gasteiger partial charge in [-0.3, -0.25) is 37.3 Å². The topological polar surface area (TPSA) is 237 Å². The van der Waals surface area contributed by atoms with Crippen LogP contribution in [-0.2, 0) is 65.4 Å². The summed E-state index contributed by atoms with van der Waals surface area (Å²) < 4.78 is 68.5. The van der Waals surface area contributed by atoms with Crippen molar-refractivity contribution in [1.82, 2.24) is 0 Å². The Hall–Kier alpha value is -5.84. The summed E-state index contributed by atoms with van der Waals surface area (Å²) in [5.41, 5.74) is 0. The third-order valence-electron chi connectivity index (χ3n) is 15.9. The molecule has 106 heavy (non-hydrogen) atoms. The molecule has 19 heteroatoms. The molecule has 0 amide bonds. The molecular weight excluding hydrogens is 1380 g/mol. The van der Waals surface area contributed by atoms with E-state index >= 15 is 0 Å². The number of hydrogen-bond donors (Lipinski definition) is 3. The summed E-state index contributed by atoms with van der Waals surface area (Å²) in [6.45, 7) is 4.33. The molecule has 3 N–H and O–H groups in total. The highest BCUT2D eigenvalue weighted by molar-refractivity contribution is 7.47. The maximum Gasteiger partial charge on any atom is 0.472 e. The fourth-order valence-electron chi connectivity index (χ4n) is 9.86.